The Morgan fingerprint density at radius 1 is 1.47 bits per heavy atom. The first kappa shape index (κ1) is 12.7. The quantitative estimate of drug-likeness (QED) is 0.875. The number of nitrogens with two attached hydrogens (primary N) is 1. The highest BCUT2D eigenvalue weighted by Gasteiger charge is 2.27. The molecule has 5 heteroatoms. The Morgan fingerprint density at radius 3 is 3.11 bits per heavy atom. The van der Waals surface area contributed by atoms with Crippen molar-refractivity contribution in [1.82, 2.24) is 9.88 Å². The third-order valence-electron chi connectivity index (χ3n) is 3.60. The van der Waals surface area contributed by atoms with Crippen LogP contribution >= 0.6 is 11.3 Å². The van der Waals surface area contributed by atoms with Gasteiger partial charge in [0.25, 0.3) is 0 Å². The average molecular weight is 276 g/mol. The summed E-state index contributed by atoms with van der Waals surface area (Å²) in [6, 6.07) is 6.55. The molecule has 0 amide bonds. The molecule has 1 unspecified atom stereocenters. The number of likely N-dealkylation sites (N-methyl/N-ethyl adjacent to an activating group) is 1. The van der Waals surface area contributed by atoms with E-state index in [4.69, 9.17) is 10.7 Å². The van der Waals surface area contributed by atoms with Gasteiger partial charge in [-0.15, -0.1) is 0 Å². The van der Waals surface area contributed by atoms with E-state index in [2.05, 4.69) is 23.9 Å². The van der Waals surface area contributed by atoms with E-state index in [0.29, 0.717) is 6.04 Å². The van der Waals surface area contributed by atoms with Gasteiger partial charge in [-0.25, -0.2) is 4.98 Å². The third-order valence-corrected chi connectivity index (χ3v) is 4.66. The van der Waals surface area contributed by atoms with Crippen LogP contribution in [-0.2, 0) is 0 Å². The molecule has 0 spiro atoms. The van der Waals surface area contributed by atoms with Crippen LogP contribution in [0, 0.1) is 0 Å². The monoisotopic (exact) mass is 276 g/mol. The summed E-state index contributed by atoms with van der Waals surface area (Å²) in [7, 11) is 4.27. The van der Waals surface area contributed by atoms with Crippen LogP contribution in [0.15, 0.2) is 18.2 Å². The van der Waals surface area contributed by atoms with E-state index in [0.717, 1.165) is 29.4 Å². The van der Waals surface area contributed by atoms with Gasteiger partial charge in [0.15, 0.2) is 5.13 Å². The van der Waals surface area contributed by atoms with Crippen molar-refractivity contribution in [3.05, 3.63) is 18.2 Å². The van der Waals surface area contributed by atoms with Crippen molar-refractivity contribution in [2.45, 2.75) is 18.9 Å². The number of benzene rings is 1. The molecular weight excluding hydrogens is 256 g/mol. The fourth-order valence-corrected chi connectivity index (χ4v) is 3.86. The highest BCUT2D eigenvalue weighted by atomic mass is 32.1. The summed E-state index contributed by atoms with van der Waals surface area (Å²) in [4.78, 5) is 9.48. The van der Waals surface area contributed by atoms with E-state index in [1.807, 2.05) is 18.2 Å². The zero-order valence-corrected chi connectivity index (χ0v) is 12.3. The van der Waals surface area contributed by atoms with Crippen molar-refractivity contribution >= 4 is 32.4 Å². The lowest BCUT2D eigenvalue weighted by Gasteiger charge is -2.26. The summed E-state index contributed by atoms with van der Waals surface area (Å²) < 4.78 is 1.19. The molecule has 1 aliphatic heterocycles. The molecule has 1 aromatic heterocycles. The Morgan fingerprint density at radius 2 is 2.32 bits per heavy atom. The fourth-order valence-electron chi connectivity index (χ4n) is 2.75. The molecule has 102 valence electrons. The van der Waals surface area contributed by atoms with Crippen molar-refractivity contribution in [2.75, 3.05) is 37.8 Å². The van der Waals surface area contributed by atoms with Crippen LogP contribution in [0.4, 0.5) is 10.8 Å². The van der Waals surface area contributed by atoms with Crippen LogP contribution in [-0.4, -0.2) is 43.1 Å². The van der Waals surface area contributed by atoms with Gasteiger partial charge in [-0.3, -0.25) is 0 Å². The number of nitrogens with zero attached hydrogens (tertiary/aromatic N) is 3. The van der Waals surface area contributed by atoms with Gasteiger partial charge >= 0.3 is 0 Å². The minimum atomic E-state index is 0.591. The van der Waals surface area contributed by atoms with Gasteiger partial charge in [0.1, 0.15) is 0 Å². The van der Waals surface area contributed by atoms with E-state index >= 15 is 0 Å². The van der Waals surface area contributed by atoms with Gasteiger partial charge in [0.05, 0.1) is 10.2 Å². The Bertz CT molecular complexity index is 578. The molecule has 19 heavy (non-hydrogen) atoms. The SMILES string of the molecule is CN(C)CC1CCCN1c1nc2ccc(N)cc2s1. The normalized spacial score (nSPS) is 19.7. The molecule has 1 aliphatic rings. The number of hydrogen-bond acceptors (Lipinski definition) is 5. The molecule has 2 N–H and O–H groups in total. The minimum absolute atomic E-state index is 0.591. The second-order valence-corrected chi connectivity index (χ2v) is 6.48. The zero-order chi connectivity index (χ0) is 13.4. The lowest BCUT2D eigenvalue weighted by molar-refractivity contribution is 0.372. The molecule has 1 fully saturated rings. The van der Waals surface area contributed by atoms with Crippen LogP contribution in [0.2, 0.25) is 0 Å². The number of fused-ring (bicyclic) bond motifs is 1. The molecule has 2 heterocycles. The van der Waals surface area contributed by atoms with Crippen LogP contribution in [0.25, 0.3) is 10.2 Å². The molecule has 1 aromatic carbocycles. The lowest BCUT2D eigenvalue weighted by Crippen LogP contribution is -2.37. The number of aromatic nitrogens is 1. The van der Waals surface area contributed by atoms with E-state index in [9.17, 15) is 0 Å². The van der Waals surface area contributed by atoms with Crippen LogP contribution < -0.4 is 10.6 Å². The molecule has 1 saturated heterocycles. The van der Waals surface area contributed by atoms with Gasteiger partial charge in [0.2, 0.25) is 0 Å². The Hall–Kier alpha value is -1.33. The topological polar surface area (TPSA) is 45.4 Å². The summed E-state index contributed by atoms with van der Waals surface area (Å²) in [5.74, 6) is 0. The summed E-state index contributed by atoms with van der Waals surface area (Å²) in [5.41, 5.74) is 7.71. The largest absolute Gasteiger partial charge is 0.399 e. The summed E-state index contributed by atoms with van der Waals surface area (Å²) in [5, 5.41) is 1.14. The minimum Gasteiger partial charge on any atom is -0.399 e. The van der Waals surface area contributed by atoms with Gasteiger partial charge in [-0.2, -0.15) is 0 Å². The Labute approximate surface area is 117 Å². The molecule has 0 saturated carbocycles. The predicted octanol–water partition coefficient (Wildman–Crippen LogP) is 2.41. The average Bonchev–Trinajstić information content (AvgIpc) is 2.93. The van der Waals surface area contributed by atoms with Crippen molar-refractivity contribution in [2.24, 2.45) is 0 Å². The molecule has 1 atom stereocenters. The van der Waals surface area contributed by atoms with Crippen molar-refractivity contribution in [3.8, 4) is 0 Å². The van der Waals surface area contributed by atoms with Gasteiger partial charge in [0, 0.05) is 24.8 Å². The smallest absolute Gasteiger partial charge is 0.186 e. The number of hydrogen-bond donors (Lipinski definition) is 1. The lowest BCUT2D eigenvalue weighted by atomic mass is 10.2. The highest BCUT2D eigenvalue weighted by molar-refractivity contribution is 7.22. The number of rotatable bonds is 3. The maximum absolute atomic E-state index is 5.84. The first-order chi connectivity index (χ1) is 9.13. The van der Waals surface area contributed by atoms with E-state index in [-0.39, 0.29) is 0 Å². The van der Waals surface area contributed by atoms with Crippen molar-refractivity contribution < 1.29 is 0 Å². The molecule has 0 radical (unpaired) electrons. The van der Waals surface area contributed by atoms with Crippen LogP contribution in [0.1, 0.15) is 12.8 Å². The molecule has 2 aromatic rings. The summed E-state index contributed by atoms with van der Waals surface area (Å²) in [6.45, 7) is 2.21. The van der Waals surface area contributed by atoms with Gasteiger partial charge in [-0.1, -0.05) is 11.3 Å². The van der Waals surface area contributed by atoms with Crippen LogP contribution in [0.5, 0.6) is 0 Å². The van der Waals surface area contributed by atoms with Crippen molar-refractivity contribution in [1.29, 1.82) is 0 Å². The Kier molecular flexibility index (Phi) is 3.33. The molecule has 3 rings (SSSR count). The van der Waals surface area contributed by atoms with E-state index in [1.54, 1.807) is 11.3 Å². The first-order valence-corrected chi connectivity index (χ1v) is 7.52. The van der Waals surface area contributed by atoms with E-state index in [1.165, 1.54) is 17.5 Å². The Balaban J connectivity index is 1.90. The van der Waals surface area contributed by atoms with Crippen LogP contribution in [0.3, 0.4) is 0 Å². The maximum atomic E-state index is 5.84. The summed E-state index contributed by atoms with van der Waals surface area (Å²) in [6.07, 6.45) is 2.52. The predicted molar refractivity (Wildman–Crippen MR) is 83.0 cm³/mol. The third kappa shape index (κ3) is 2.53. The standard InChI is InChI=1S/C14H20N4S/c1-17(2)9-11-4-3-7-18(11)14-16-12-6-5-10(15)8-13(12)19-14/h5-6,8,11H,3-4,7,9,15H2,1-2H3. The highest BCUT2D eigenvalue weighted by Crippen LogP contribution is 2.34. The van der Waals surface area contributed by atoms with Crippen molar-refractivity contribution in [3.63, 3.8) is 0 Å². The van der Waals surface area contributed by atoms with E-state index < -0.39 is 0 Å². The number of thiazole rings is 1. The second-order valence-electron chi connectivity index (χ2n) is 5.48. The molecule has 4 nitrogen and oxygen atoms in total. The number of anilines is 2. The number of nitrogen functional groups attached to an aromatic ring is 1. The fraction of sp³-hybridized carbons (Fsp3) is 0.500. The second kappa shape index (κ2) is 4.98. The van der Waals surface area contributed by atoms with Gasteiger partial charge < -0.3 is 15.5 Å². The van der Waals surface area contributed by atoms with Gasteiger partial charge in [-0.05, 0) is 45.1 Å². The molecular formula is C14H20N4S. The first-order valence-electron chi connectivity index (χ1n) is 6.71. The summed E-state index contributed by atoms with van der Waals surface area (Å²) >= 11 is 1.76. The molecule has 0 bridgehead atoms. The molecule has 0 aliphatic carbocycles. The maximum Gasteiger partial charge on any atom is 0.186 e. The zero-order valence-electron chi connectivity index (χ0n) is 11.5.